The lowest BCUT2D eigenvalue weighted by atomic mass is 9.96. The van der Waals surface area contributed by atoms with Crippen LogP contribution in [0.25, 0.3) is 0 Å². The second kappa shape index (κ2) is 11.3. The number of esters is 3. The average molecular weight is 419 g/mol. The number of aliphatic carboxylic acids is 1. The van der Waals surface area contributed by atoms with E-state index in [-0.39, 0.29) is 19.6 Å². The molecule has 12 nitrogen and oxygen atoms in total. The van der Waals surface area contributed by atoms with Crippen LogP contribution in [0.4, 0.5) is 0 Å². The smallest absolute Gasteiger partial charge is 0.305 e. The average Bonchev–Trinajstić information content (AvgIpc) is 2.56. The number of nitrogens with one attached hydrogen (secondary N) is 1. The highest BCUT2D eigenvalue weighted by atomic mass is 16.7. The predicted octanol–water partition coefficient (Wildman–Crippen LogP) is -0.866. The quantitative estimate of drug-likeness (QED) is 0.353. The summed E-state index contributed by atoms with van der Waals surface area (Å²) in [7, 11) is 0. The van der Waals surface area contributed by atoms with Gasteiger partial charge in [-0.15, -0.1) is 0 Å². The molecule has 12 heteroatoms. The lowest BCUT2D eigenvalue weighted by Gasteiger charge is -2.44. The maximum absolute atomic E-state index is 11.7. The summed E-state index contributed by atoms with van der Waals surface area (Å²) >= 11 is 0. The van der Waals surface area contributed by atoms with Crippen molar-refractivity contribution in [1.29, 1.82) is 0 Å². The fourth-order valence-corrected chi connectivity index (χ4v) is 2.70. The van der Waals surface area contributed by atoms with Gasteiger partial charge in [-0.2, -0.15) is 0 Å². The van der Waals surface area contributed by atoms with E-state index < -0.39 is 60.4 Å². The highest BCUT2D eigenvalue weighted by Crippen LogP contribution is 2.28. The molecule has 1 aliphatic rings. The number of carboxylic acid groups (broad SMARTS) is 1. The van der Waals surface area contributed by atoms with E-state index in [0.29, 0.717) is 0 Å². The van der Waals surface area contributed by atoms with Gasteiger partial charge in [-0.1, -0.05) is 0 Å². The first-order chi connectivity index (χ1) is 13.5. The minimum atomic E-state index is -1.27. The van der Waals surface area contributed by atoms with E-state index in [9.17, 15) is 24.0 Å². The van der Waals surface area contributed by atoms with Gasteiger partial charge in [0, 0.05) is 27.7 Å². The molecule has 0 aromatic carbocycles. The summed E-state index contributed by atoms with van der Waals surface area (Å²) in [6.07, 6.45) is -5.20. The molecule has 5 atom stereocenters. The van der Waals surface area contributed by atoms with Crippen molar-refractivity contribution in [1.82, 2.24) is 5.32 Å². The number of rotatable bonds is 9. The summed E-state index contributed by atoms with van der Waals surface area (Å²) in [4.78, 5) is 56.8. The van der Waals surface area contributed by atoms with E-state index >= 15 is 0 Å². The van der Waals surface area contributed by atoms with Gasteiger partial charge in [0.15, 0.2) is 18.5 Å². The third kappa shape index (κ3) is 8.44. The first kappa shape index (κ1) is 24.3. The van der Waals surface area contributed by atoms with Crippen LogP contribution in [0.5, 0.6) is 0 Å². The molecular weight excluding hydrogens is 394 g/mol. The Hall–Kier alpha value is -2.73. The molecule has 1 heterocycles. The minimum absolute atomic E-state index is 0.276. The number of amides is 1. The summed E-state index contributed by atoms with van der Waals surface area (Å²) in [6, 6.07) is -1.12. The molecule has 1 amide bonds. The molecule has 1 fully saturated rings. The molecule has 29 heavy (non-hydrogen) atoms. The molecule has 3 unspecified atom stereocenters. The summed E-state index contributed by atoms with van der Waals surface area (Å²) in [5.74, 6) is -3.74. The van der Waals surface area contributed by atoms with E-state index in [0.717, 1.165) is 20.8 Å². The molecule has 0 saturated carbocycles. The fourth-order valence-electron chi connectivity index (χ4n) is 2.70. The Bertz CT molecular complexity index is 635. The zero-order valence-corrected chi connectivity index (χ0v) is 16.5. The summed E-state index contributed by atoms with van der Waals surface area (Å²) < 4.78 is 26.5. The topological polar surface area (TPSA) is 164 Å². The van der Waals surface area contributed by atoms with Crippen molar-refractivity contribution in [3.63, 3.8) is 0 Å². The number of carbonyl (C=O) groups is 5. The van der Waals surface area contributed by atoms with Crippen molar-refractivity contribution in [2.75, 3.05) is 13.2 Å². The molecule has 1 rings (SSSR count). The first-order valence-corrected chi connectivity index (χ1v) is 8.75. The molecule has 0 spiro atoms. The molecule has 0 aromatic heterocycles. The standard InChI is InChI=1S/C17H25NO11/c1-8(19)18-14-16(28-11(4)22)15(27-10(3)21)12(7-26-9(2)20)29-17(14)25-6-5-13(23)24/h12,14-17H,5-7H2,1-4H3,(H,18,19)(H,23,24)/t12?,14?,15-,16?,17+/m0/s1. The van der Waals surface area contributed by atoms with Crippen molar-refractivity contribution < 1.29 is 52.8 Å². The maximum atomic E-state index is 11.7. The largest absolute Gasteiger partial charge is 0.481 e. The van der Waals surface area contributed by atoms with Gasteiger partial charge in [-0.25, -0.2) is 0 Å². The van der Waals surface area contributed by atoms with Crippen molar-refractivity contribution >= 4 is 29.8 Å². The zero-order valence-electron chi connectivity index (χ0n) is 16.5. The van der Waals surface area contributed by atoms with Gasteiger partial charge in [0.25, 0.3) is 0 Å². The van der Waals surface area contributed by atoms with Gasteiger partial charge in [0.1, 0.15) is 18.8 Å². The van der Waals surface area contributed by atoms with Crippen molar-refractivity contribution in [3.05, 3.63) is 0 Å². The van der Waals surface area contributed by atoms with Gasteiger partial charge in [-0.3, -0.25) is 24.0 Å². The monoisotopic (exact) mass is 419 g/mol. The van der Waals surface area contributed by atoms with Crippen LogP contribution in [-0.4, -0.2) is 78.7 Å². The molecule has 2 N–H and O–H groups in total. The first-order valence-electron chi connectivity index (χ1n) is 8.75. The Labute approximate surface area is 166 Å². The minimum Gasteiger partial charge on any atom is -0.481 e. The van der Waals surface area contributed by atoms with Gasteiger partial charge in [0.2, 0.25) is 5.91 Å². The Morgan fingerprint density at radius 3 is 2.00 bits per heavy atom. The van der Waals surface area contributed by atoms with E-state index in [1.54, 1.807) is 0 Å². The highest BCUT2D eigenvalue weighted by Gasteiger charge is 2.51. The van der Waals surface area contributed by atoms with Crippen LogP contribution < -0.4 is 5.32 Å². The maximum Gasteiger partial charge on any atom is 0.305 e. The van der Waals surface area contributed by atoms with Gasteiger partial charge in [0.05, 0.1) is 13.0 Å². The molecular formula is C17H25NO11. The van der Waals surface area contributed by atoms with E-state index in [1.165, 1.54) is 6.92 Å². The van der Waals surface area contributed by atoms with Crippen molar-refractivity contribution in [3.8, 4) is 0 Å². The number of carboxylic acids is 1. The highest BCUT2D eigenvalue weighted by molar-refractivity contribution is 5.73. The van der Waals surface area contributed by atoms with Crippen LogP contribution >= 0.6 is 0 Å². The summed E-state index contributed by atoms with van der Waals surface area (Å²) in [6.45, 7) is 3.96. The molecule has 1 aliphatic heterocycles. The lowest BCUT2D eigenvalue weighted by Crippen LogP contribution is -2.66. The summed E-state index contributed by atoms with van der Waals surface area (Å²) in [5, 5.41) is 11.3. The predicted molar refractivity (Wildman–Crippen MR) is 92.2 cm³/mol. The SMILES string of the molecule is CC(=O)NC1C(OC(C)=O)[C@@H](OC(C)=O)C(COC(C)=O)O[C@H]1OCCC(=O)O. The molecule has 0 radical (unpaired) electrons. The van der Waals surface area contributed by atoms with Gasteiger partial charge < -0.3 is 34.1 Å². The van der Waals surface area contributed by atoms with Crippen LogP contribution in [0, 0.1) is 0 Å². The second-order valence-electron chi connectivity index (χ2n) is 6.23. The molecule has 0 aromatic rings. The number of hydrogen-bond donors (Lipinski definition) is 2. The third-order valence-corrected chi connectivity index (χ3v) is 3.67. The number of ether oxygens (including phenoxy) is 5. The Kier molecular flexibility index (Phi) is 9.48. The van der Waals surface area contributed by atoms with Crippen LogP contribution in [0.3, 0.4) is 0 Å². The number of hydrogen-bond acceptors (Lipinski definition) is 10. The van der Waals surface area contributed by atoms with Gasteiger partial charge >= 0.3 is 23.9 Å². The molecule has 0 aliphatic carbocycles. The van der Waals surface area contributed by atoms with Crippen LogP contribution in [0.1, 0.15) is 34.1 Å². The number of carbonyl (C=O) groups excluding carboxylic acids is 4. The van der Waals surface area contributed by atoms with Crippen LogP contribution in [0.2, 0.25) is 0 Å². The normalized spacial score (nSPS) is 26.1. The van der Waals surface area contributed by atoms with Crippen LogP contribution in [0.15, 0.2) is 0 Å². The molecule has 0 bridgehead atoms. The van der Waals surface area contributed by atoms with E-state index in [2.05, 4.69) is 5.32 Å². The third-order valence-electron chi connectivity index (χ3n) is 3.67. The Morgan fingerprint density at radius 1 is 0.931 bits per heavy atom. The van der Waals surface area contributed by atoms with Crippen molar-refractivity contribution in [2.45, 2.75) is 64.8 Å². The Morgan fingerprint density at radius 2 is 1.52 bits per heavy atom. The zero-order chi connectivity index (χ0) is 22.1. The van der Waals surface area contributed by atoms with Crippen molar-refractivity contribution in [2.24, 2.45) is 0 Å². The van der Waals surface area contributed by atoms with E-state index in [4.69, 9.17) is 28.8 Å². The summed E-state index contributed by atoms with van der Waals surface area (Å²) in [5.41, 5.74) is 0. The van der Waals surface area contributed by atoms with Gasteiger partial charge in [-0.05, 0) is 0 Å². The second-order valence-corrected chi connectivity index (χ2v) is 6.23. The Balaban J connectivity index is 3.22. The molecule has 164 valence electrons. The molecule has 1 saturated heterocycles. The lowest BCUT2D eigenvalue weighted by molar-refractivity contribution is -0.277. The van der Waals surface area contributed by atoms with E-state index in [1.807, 2.05) is 0 Å². The van der Waals surface area contributed by atoms with Crippen LogP contribution in [-0.2, 0) is 47.7 Å². The fraction of sp³-hybridized carbons (Fsp3) is 0.706.